The Labute approximate surface area is 106 Å². The third-order valence-electron chi connectivity index (χ3n) is 2.68. The molecule has 3 nitrogen and oxygen atoms in total. The van der Waals surface area contributed by atoms with E-state index in [1.807, 2.05) is 0 Å². The number of hydrazine groups is 1. The van der Waals surface area contributed by atoms with Crippen molar-refractivity contribution in [3.05, 3.63) is 30.3 Å². The maximum Gasteiger partial charge on any atom is 0.0366 e. The monoisotopic (exact) mass is 237 g/mol. The highest BCUT2D eigenvalue weighted by Gasteiger charge is 2.03. The molecule has 0 heterocycles. The van der Waals surface area contributed by atoms with Gasteiger partial charge in [0.25, 0.3) is 0 Å². The standard InChI is InChI=1S/C14H23N.H4N2/c1-3-5-12-15(13-6-4-2)14-10-8-7-9-11-14;1-2/h7-11H,3-6,12-13H2,1-2H3;1-2H2. The Bertz CT molecular complexity index is 241. The molecule has 0 unspecified atom stereocenters. The number of hydrogen-bond acceptors (Lipinski definition) is 3. The van der Waals surface area contributed by atoms with Crippen molar-refractivity contribution < 1.29 is 0 Å². The van der Waals surface area contributed by atoms with Crippen LogP contribution in [0.4, 0.5) is 5.69 Å². The van der Waals surface area contributed by atoms with Crippen LogP contribution in [0.3, 0.4) is 0 Å². The molecule has 1 aromatic carbocycles. The number of benzene rings is 1. The molecule has 0 radical (unpaired) electrons. The fraction of sp³-hybridized carbons (Fsp3) is 0.571. The van der Waals surface area contributed by atoms with Gasteiger partial charge in [-0.1, -0.05) is 44.9 Å². The van der Waals surface area contributed by atoms with E-state index in [0.29, 0.717) is 0 Å². The Kier molecular flexibility index (Phi) is 10.7. The summed E-state index contributed by atoms with van der Waals surface area (Å²) >= 11 is 0. The maximum absolute atomic E-state index is 4.00. The van der Waals surface area contributed by atoms with E-state index in [2.05, 4.69) is 60.8 Å². The maximum atomic E-state index is 4.00. The SMILES string of the molecule is CCCCN(CCCC)c1ccccc1.NN. The summed E-state index contributed by atoms with van der Waals surface area (Å²) < 4.78 is 0. The quantitative estimate of drug-likeness (QED) is 0.566. The second-order valence-corrected chi connectivity index (χ2v) is 4.03. The molecule has 3 heteroatoms. The van der Waals surface area contributed by atoms with Gasteiger partial charge >= 0.3 is 0 Å². The first-order valence-electron chi connectivity index (χ1n) is 6.51. The Morgan fingerprint density at radius 1 is 0.882 bits per heavy atom. The van der Waals surface area contributed by atoms with Crippen LogP contribution in [-0.2, 0) is 0 Å². The molecule has 17 heavy (non-hydrogen) atoms. The van der Waals surface area contributed by atoms with E-state index in [1.165, 1.54) is 44.5 Å². The van der Waals surface area contributed by atoms with Gasteiger partial charge in [-0.3, -0.25) is 11.7 Å². The lowest BCUT2D eigenvalue weighted by molar-refractivity contribution is 0.678. The molecule has 98 valence electrons. The first-order valence-corrected chi connectivity index (χ1v) is 6.51. The molecule has 0 aliphatic carbocycles. The van der Waals surface area contributed by atoms with Crippen molar-refractivity contribution in [1.82, 2.24) is 0 Å². The summed E-state index contributed by atoms with van der Waals surface area (Å²) in [6.07, 6.45) is 5.13. The van der Waals surface area contributed by atoms with E-state index in [-0.39, 0.29) is 0 Å². The molecular formula is C14H27N3. The molecule has 1 aromatic rings. The van der Waals surface area contributed by atoms with Crippen molar-refractivity contribution in [1.29, 1.82) is 0 Å². The van der Waals surface area contributed by atoms with E-state index in [1.54, 1.807) is 0 Å². The molecule has 0 fully saturated rings. The van der Waals surface area contributed by atoms with Gasteiger partial charge in [-0.15, -0.1) is 0 Å². The van der Waals surface area contributed by atoms with Crippen LogP contribution < -0.4 is 16.6 Å². The molecule has 1 rings (SSSR count). The van der Waals surface area contributed by atoms with Crippen molar-refractivity contribution in [3.63, 3.8) is 0 Å². The summed E-state index contributed by atoms with van der Waals surface area (Å²) in [4.78, 5) is 2.51. The summed E-state index contributed by atoms with van der Waals surface area (Å²) in [5, 5.41) is 0. The van der Waals surface area contributed by atoms with Crippen LogP contribution in [0.2, 0.25) is 0 Å². The predicted octanol–water partition coefficient (Wildman–Crippen LogP) is 2.91. The van der Waals surface area contributed by atoms with E-state index in [9.17, 15) is 0 Å². The minimum Gasteiger partial charge on any atom is -0.372 e. The number of anilines is 1. The van der Waals surface area contributed by atoms with Crippen molar-refractivity contribution >= 4 is 5.69 Å². The van der Waals surface area contributed by atoms with Crippen LogP contribution in [0.15, 0.2) is 30.3 Å². The van der Waals surface area contributed by atoms with E-state index < -0.39 is 0 Å². The lowest BCUT2D eigenvalue weighted by atomic mass is 10.2. The third kappa shape index (κ3) is 6.97. The third-order valence-corrected chi connectivity index (χ3v) is 2.68. The van der Waals surface area contributed by atoms with E-state index >= 15 is 0 Å². The number of rotatable bonds is 7. The second kappa shape index (κ2) is 11.4. The lowest BCUT2D eigenvalue weighted by Crippen LogP contribution is -2.25. The number of nitrogens with zero attached hydrogens (tertiary/aromatic N) is 1. The van der Waals surface area contributed by atoms with Gasteiger partial charge in [0, 0.05) is 18.8 Å². The number of nitrogens with two attached hydrogens (primary N) is 2. The van der Waals surface area contributed by atoms with Crippen LogP contribution in [-0.4, -0.2) is 13.1 Å². The van der Waals surface area contributed by atoms with Gasteiger partial charge < -0.3 is 4.90 Å². The Morgan fingerprint density at radius 3 is 1.76 bits per heavy atom. The molecule has 0 amide bonds. The Balaban J connectivity index is 0.00000121. The molecule has 4 N–H and O–H groups in total. The van der Waals surface area contributed by atoms with E-state index in [4.69, 9.17) is 0 Å². The molecule has 0 bridgehead atoms. The summed E-state index contributed by atoms with van der Waals surface area (Å²) in [6.45, 7) is 6.90. The van der Waals surface area contributed by atoms with Crippen LogP contribution in [0.25, 0.3) is 0 Å². The Morgan fingerprint density at radius 2 is 1.35 bits per heavy atom. The minimum atomic E-state index is 1.19. The average Bonchev–Trinajstić information content (AvgIpc) is 2.42. The normalized spacial score (nSPS) is 9.41. The smallest absolute Gasteiger partial charge is 0.0366 e. The van der Waals surface area contributed by atoms with Crippen molar-refractivity contribution in [2.75, 3.05) is 18.0 Å². The Hall–Kier alpha value is -1.06. The van der Waals surface area contributed by atoms with E-state index in [0.717, 1.165) is 0 Å². The molecule has 0 spiro atoms. The second-order valence-electron chi connectivity index (χ2n) is 4.03. The van der Waals surface area contributed by atoms with Gasteiger partial charge in [0.1, 0.15) is 0 Å². The van der Waals surface area contributed by atoms with Crippen LogP contribution in [0.5, 0.6) is 0 Å². The van der Waals surface area contributed by atoms with Gasteiger partial charge in [0.05, 0.1) is 0 Å². The predicted molar refractivity (Wildman–Crippen MR) is 76.8 cm³/mol. The van der Waals surface area contributed by atoms with Crippen LogP contribution >= 0.6 is 0 Å². The van der Waals surface area contributed by atoms with Gasteiger partial charge in [0.2, 0.25) is 0 Å². The molecule has 0 aliphatic heterocycles. The van der Waals surface area contributed by atoms with Crippen LogP contribution in [0.1, 0.15) is 39.5 Å². The topological polar surface area (TPSA) is 55.3 Å². The summed E-state index contributed by atoms with van der Waals surface area (Å²) in [7, 11) is 0. The van der Waals surface area contributed by atoms with Gasteiger partial charge in [-0.2, -0.15) is 0 Å². The highest BCUT2D eigenvalue weighted by Crippen LogP contribution is 2.14. The summed E-state index contributed by atoms with van der Waals surface area (Å²) in [5.41, 5.74) is 1.37. The number of para-hydroxylation sites is 1. The minimum absolute atomic E-state index is 1.19. The highest BCUT2D eigenvalue weighted by molar-refractivity contribution is 5.45. The first kappa shape index (κ1) is 15.9. The van der Waals surface area contributed by atoms with Gasteiger partial charge in [-0.05, 0) is 25.0 Å². The van der Waals surface area contributed by atoms with Crippen LogP contribution in [0, 0.1) is 0 Å². The number of hydrogen-bond donors (Lipinski definition) is 2. The summed E-state index contributed by atoms with van der Waals surface area (Å²) in [6, 6.07) is 10.8. The molecule has 0 saturated carbocycles. The fourth-order valence-corrected chi connectivity index (χ4v) is 1.71. The summed E-state index contributed by atoms with van der Waals surface area (Å²) in [5.74, 6) is 8.00. The molecule has 0 atom stereocenters. The zero-order chi connectivity index (χ0) is 12.9. The number of unbranched alkanes of at least 4 members (excludes halogenated alkanes) is 2. The molecule has 0 aliphatic rings. The van der Waals surface area contributed by atoms with Gasteiger partial charge in [0.15, 0.2) is 0 Å². The largest absolute Gasteiger partial charge is 0.372 e. The zero-order valence-electron chi connectivity index (χ0n) is 11.2. The molecular weight excluding hydrogens is 210 g/mol. The molecule has 0 aromatic heterocycles. The van der Waals surface area contributed by atoms with Gasteiger partial charge in [-0.25, -0.2) is 0 Å². The highest BCUT2D eigenvalue weighted by atomic mass is 15.1. The van der Waals surface area contributed by atoms with Crippen molar-refractivity contribution in [3.8, 4) is 0 Å². The lowest BCUT2D eigenvalue weighted by Gasteiger charge is -2.24. The fourth-order valence-electron chi connectivity index (χ4n) is 1.71. The van der Waals surface area contributed by atoms with Crippen molar-refractivity contribution in [2.24, 2.45) is 11.7 Å². The molecule has 0 saturated heterocycles. The zero-order valence-corrected chi connectivity index (χ0v) is 11.2. The van der Waals surface area contributed by atoms with Crippen molar-refractivity contribution in [2.45, 2.75) is 39.5 Å². The average molecular weight is 237 g/mol. The first-order chi connectivity index (χ1) is 8.38.